The molecule has 1 amide bonds. The van der Waals surface area contributed by atoms with Crippen molar-refractivity contribution in [3.63, 3.8) is 0 Å². The van der Waals surface area contributed by atoms with Gasteiger partial charge in [0.05, 0.1) is 13.2 Å². The molecule has 3 rings (SSSR count). The van der Waals surface area contributed by atoms with Crippen LogP contribution in [0.2, 0.25) is 0 Å². The zero-order valence-corrected chi connectivity index (χ0v) is 13.4. The molecule has 7 nitrogen and oxygen atoms in total. The first-order valence-corrected chi connectivity index (χ1v) is 7.68. The lowest BCUT2D eigenvalue weighted by molar-refractivity contribution is -0.141. The Labute approximate surface area is 146 Å². The van der Waals surface area contributed by atoms with Crippen LogP contribution in [0.5, 0.6) is 0 Å². The number of anilines is 2. The molecular formula is C16H15F3N4O3. The second-order valence-electron chi connectivity index (χ2n) is 5.62. The molecular weight excluding hydrogens is 353 g/mol. The Morgan fingerprint density at radius 3 is 2.65 bits per heavy atom. The number of hydrogen-bond donors (Lipinski definition) is 2. The van der Waals surface area contributed by atoms with Gasteiger partial charge in [0.15, 0.2) is 0 Å². The maximum atomic E-state index is 12.7. The van der Waals surface area contributed by atoms with Crippen LogP contribution in [0.25, 0.3) is 0 Å². The molecule has 2 aromatic rings. The molecule has 2 heterocycles. The first kappa shape index (κ1) is 17.9. The number of rotatable bonds is 3. The molecule has 0 saturated carbocycles. The van der Waals surface area contributed by atoms with Crippen LogP contribution >= 0.6 is 0 Å². The van der Waals surface area contributed by atoms with E-state index >= 15 is 0 Å². The number of benzene rings is 1. The lowest BCUT2D eigenvalue weighted by Crippen LogP contribution is -2.41. The molecule has 1 saturated heterocycles. The summed E-state index contributed by atoms with van der Waals surface area (Å²) in [5.41, 5.74) is 0.280. The first-order valence-electron chi connectivity index (χ1n) is 7.68. The molecule has 1 unspecified atom stereocenters. The van der Waals surface area contributed by atoms with Gasteiger partial charge in [-0.05, 0) is 17.7 Å². The summed E-state index contributed by atoms with van der Waals surface area (Å²) in [4.78, 5) is 19.3. The van der Waals surface area contributed by atoms with E-state index in [-0.39, 0.29) is 18.5 Å². The molecule has 10 heteroatoms. The maximum absolute atomic E-state index is 12.7. The standard InChI is InChI=1S/C16H15F3N4O3/c17-16(18,19)13-7-14(21-9-20-13)22-11-3-1-10(2-4-11)12-8-23(15(24)25)5-6-26-12/h1-4,7,9,12H,5-6,8H2,(H,24,25)(H,20,21,22). The lowest BCUT2D eigenvalue weighted by atomic mass is 10.1. The van der Waals surface area contributed by atoms with Gasteiger partial charge in [-0.2, -0.15) is 13.2 Å². The highest BCUT2D eigenvalue weighted by atomic mass is 19.4. The van der Waals surface area contributed by atoms with Crippen LogP contribution in [0, 0.1) is 0 Å². The Morgan fingerprint density at radius 1 is 1.27 bits per heavy atom. The highest BCUT2D eigenvalue weighted by molar-refractivity contribution is 5.65. The van der Waals surface area contributed by atoms with E-state index in [2.05, 4.69) is 15.3 Å². The Balaban J connectivity index is 1.69. The number of carbonyl (C=O) groups is 1. The minimum atomic E-state index is -4.54. The predicted molar refractivity (Wildman–Crippen MR) is 85.0 cm³/mol. The van der Waals surface area contributed by atoms with E-state index in [0.29, 0.717) is 18.8 Å². The molecule has 1 fully saturated rings. The summed E-state index contributed by atoms with van der Waals surface area (Å²) in [6.07, 6.45) is -5.08. The molecule has 0 spiro atoms. The van der Waals surface area contributed by atoms with Gasteiger partial charge < -0.3 is 20.1 Å². The maximum Gasteiger partial charge on any atom is 0.433 e. The van der Waals surface area contributed by atoms with Crippen molar-refractivity contribution in [3.05, 3.63) is 47.9 Å². The normalized spacial score (nSPS) is 17.8. The Morgan fingerprint density at radius 2 is 2.00 bits per heavy atom. The zero-order chi connectivity index (χ0) is 18.7. The average molecular weight is 368 g/mol. The molecule has 2 N–H and O–H groups in total. The summed E-state index contributed by atoms with van der Waals surface area (Å²) in [7, 11) is 0. The summed E-state index contributed by atoms with van der Waals surface area (Å²) in [5.74, 6) is 0.0195. The minimum absolute atomic E-state index is 0.0195. The smallest absolute Gasteiger partial charge is 0.433 e. The fourth-order valence-corrected chi connectivity index (χ4v) is 2.53. The van der Waals surface area contributed by atoms with Crippen molar-refractivity contribution in [2.24, 2.45) is 0 Å². The van der Waals surface area contributed by atoms with Gasteiger partial charge in [0.25, 0.3) is 0 Å². The molecule has 1 atom stereocenters. The lowest BCUT2D eigenvalue weighted by Gasteiger charge is -2.31. The molecule has 26 heavy (non-hydrogen) atoms. The molecule has 138 valence electrons. The van der Waals surface area contributed by atoms with Gasteiger partial charge in [-0.3, -0.25) is 0 Å². The number of morpholine rings is 1. The number of ether oxygens (including phenoxy) is 1. The molecule has 1 aliphatic heterocycles. The number of carboxylic acid groups (broad SMARTS) is 1. The van der Waals surface area contributed by atoms with E-state index in [0.717, 1.165) is 18.0 Å². The summed E-state index contributed by atoms with van der Waals surface area (Å²) in [6.45, 7) is 0.849. The van der Waals surface area contributed by atoms with Crippen molar-refractivity contribution in [1.29, 1.82) is 0 Å². The van der Waals surface area contributed by atoms with Crippen molar-refractivity contribution in [2.45, 2.75) is 12.3 Å². The van der Waals surface area contributed by atoms with Crippen LogP contribution in [0.4, 0.5) is 29.5 Å². The third-order valence-corrected chi connectivity index (χ3v) is 3.85. The van der Waals surface area contributed by atoms with E-state index < -0.39 is 18.0 Å². The van der Waals surface area contributed by atoms with Gasteiger partial charge in [-0.1, -0.05) is 12.1 Å². The zero-order valence-electron chi connectivity index (χ0n) is 13.4. The fraction of sp³-hybridized carbons (Fsp3) is 0.312. The van der Waals surface area contributed by atoms with Crippen molar-refractivity contribution in [1.82, 2.24) is 14.9 Å². The van der Waals surface area contributed by atoms with E-state index in [1.165, 1.54) is 4.90 Å². The second kappa shape index (κ2) is 7.16. The first-order chi connectivity index (χ1) is 12.3. The summed E-state index contributed by atoms with van der Waals surface area (Å²) < 4.78 is 43.6. The Kier molecular flexibility index (Phi) is 4.94. The minimum Gasteiger partial charge on any atom is -0.465 e. The van der Waals surface area contributed by atoms with Gasteiger partial charge in [0.1, 0.15) is 23.9 Å². The van der Waals surface area contributed by atoms with Gasteiger partial charge in [-0.15, -0.1) is 0 Å². The number of amides is 1. The molecule has 1 aromatic carbocycles. The summed E-state index contributed by atoms with van der Waals surface area (Å²) in [5, 5.41) is 11.8. The van der Waals surface area contributed by atoms with Gasteiger partial charge in [-0.25, -0.2) is 14.8 Å². The molecule has 0 bridgehead atoms. The van der Waals surface area contributed by atoms with Gasteiger partial charge in [0, 0.05) is 18.3 Å². The average Bonchev–Trinajstić information content (AvgIpc) is 2.62. The highest BCUT2D eigenvalue weighted by Gasteiger charge is 2.32. The Bertz CT molecular complexity index is 783. The molecule has 1 aliphatic rings. The molecule has 0 aliphatic carbocycles. The van der Waals surface area contributed by atoms with Gasteiger partial charge in [0.2, 0.25) is 0 Å². The van der Waals surface area contributed by atoms with E-state index in [1.807, 2.05) is 0 Å². The molecule has 0 radical (unpaired) electrons. The van der Waals surface area contributed by atoms with Crippen LogP contribution in [0.3, 0.4) is 0 Å². The third-order valence-electron chi connectivity index (χ3n) is 3.85. The van der Waals surface area contributed by atoms with Gasteiger partial charge >= 0.3 is 12.3 Å². The van der Waals surface area contributed by atoms with E-state index in [1.54, 1.807) is 24.3 Å². The number of nitrogens with zero attached hydrogens (tertiary/aromatic N) is 3. The number of hydrogen-bond acceptors (Lipinski definition) is 5. The second-order valence-corrected chi connectivity index (χ2v) is 5.62. The van der Waals surface area contributed by atoms with Crippen molar-refractivity contribution in [2.75, 3.05) is 25.0 Å². The summed E-state index contributed by atoms with van der Waals surface area (Å²) >= 11 is 0. The van der Waals surface area contributed by atoms with Crippen LogP contribution in [0.1, 0.15) is 17.4 Å². The van der Waals surface area contributed by atoms with Crippen LogP contribution in [0.15, 0.2) is 36.7 Å². The monoisotopic (exact) mass is 368 g/mol. The number of alkyl halides is 3. The quantitative estimate of drug-likeness (QED) is 0.864. The van der Waals surface area contributed by atoms with E-state index in [4.69, 9.17) is 9.84 Å². The molecule has 1 aromatic heterocycles. The fourth-order valence-electron chi connectivity index (χ4n) is 2.53. The van der Waals surface area contributed by atoms with Crippen LogP contribution in [-0.4, -0.2) is 45.8 Å². The van der Waals surface area contributed by atoms with Crippen molar-refractivity contribution in [3.8, 4) is 0 Å². The van der Waals surface area contributed by atoms with Crippen molar-refractivity contribution < 1.29 is 27.8 Å². The SMILES string of the molecule is O=C(O)N1CCOC(c2ccc(Nc3cc(C(F)(F)F)ncn3)cc2)C1. The largest absolute Gasteiger partial charge is 0.465 e. The van der Waals surface area contributed by atoms with Crippen LogP contribution < -0.4 is 5.32 Å². The van der Waals surface area contributed by atoms with E-state index in [9.17, 15) is 18.0 Å². The number of nitrogens with one attached hydrogen (secondary N) is 1. The van der Waals surface area contributed by atoms with Crippen LogP contribution in [-0.2, 0) is 10.9 Å². The number of halogens is 3. The number of aromatic nitrogens is 2. The predicted octanol–water partition coefficient (Wildman–Crippen LogP) is 3.29. The Hall–Kier alpha value is -2.88. The van der Waals surface area contributed by atoms with Crippen molar-refractivity contribution >= 4 is 17.6 Å². The highest BCUT2D eigenvalue weighted by Crippen LogP contribution is 2.29. The third kappa shape index (κ3) is 4.20. The topological polar surface area (TPSA) is 87.6 Å². The summed E-state index contributed by atoms with van der Waals surface area (Å²) in [6, 6.07) is 7.60.